The zero-order chi connectivity index (χ0) is 21.0. The second-order valence-electron chi connectivity index (χ2n) is 6.51. The summed E-state index contributed by atoms with van der Waals surface area (Å²) < 4.78 is 12.6. The molecule has 3 rings (SSSR count). The van der Waals surface area contributed by atoms with Crippen LogP contribution in [-0.2, 0) is 11.3 Å². The molecule has 0 aliphatic heterocycles. The van der Waals surface area contributed by atoms with E-state index in [9.17, 15) is 10.1 Å². The van der Waals surface area contributed by atoms with Gasteiger partial charge in [0.1, 0.15) is 17.9 Å². The van der Waals surface area contributed by atoms with Gasteiger partial charge in [-0.3, -0.25) is 5.32 Å². The summed E-state index contributed by atoms with van der Waals surface area (Å²) in [6, 6.07) is 15.4. The second-order valence-corrected chi connectivity index (χ2v) is 6.51. The molecule has 148 valence electrons. The predicted octanol–water partition coefficient (Wildman–Crippen LogP) is 5.33. The first-order chi connectivity index (χ1) is 14.0. The number of hydrogen-bond acceptors (Lipinski definition) is 4. The highest BCUT2D eigenvalue weighted by atomic mass is 16.6. The van der Waals surface area contributed by atoms with Crippen LogP contribution in [0.1, 0.15) is 19.4 Å². The fourth-order valence-electron chi connectivity index (χ4n) is 3.31. The van der Waals surface area contributed by atoms with E-state index in [4.69, 9.17) is 9.47 Å². The lowest BCUT2D eigenvalue weighted by Crippen LogP contribution is -2.18. The number of nitriles is 1. The first kappa shape index (κ1) is 20.0. The quantitative estimate of drug-likeness (QED) is 0.578. The summed E-state index contributed by atoms with van der Waals surface area (Å²) in [5, 5.41) is 13.4. The Kier molecular flexibility index (Phi) is 5.89. The average Bonchev–Trinajstić information content (AvgIpc) is 3.06. The lowest BCUT2D eigenvalue weighted by atomic mass is 10.1. The molecule has 1 amide bonds. The van der Waals surface area contributed by atoms with Crippen LogP contribution in [0.5, 0.6) is 5.75 Å². The largest absolute Gasteiger partial charge is 0.497 e. The van der Waals surface area contributed by atoms with Crippen LogP contribution in [0, 0.1) is 11.3 Å². The minimum absolute atomic E-state index is 0.388. The van der Waals surface area contributed by atoms with Crippen LogP contribution in [-0.4, -0.2) is 23.9 Å². The number of carbonyl (C=O) groups is 1. The molecular weight excluding hydrogens is 366 g/mol. The zero-order valence-electron chi connectivity index (χ0n) is 16.7. The number of hydrogen-bond donors (Lipinski definition) is 1. The highest BCUT2D eigenvalue weighted by molar-refractivity contribution is 5.96. The molecular formula is C23H23N3O3. The van der Waals surface area contributed by atoms with Crippen LogP contribution in [0.4, 0.5) is 10.5 Å². The van der Waals surface area contributed by atoms with Crippen molar-refractivity contribution >= 4 is 22.7 Å². The smallest absolute Gasteiger partial charge is 0.412 e. The van der Waals surface area contributed by atoms with Gasteiger partial charge in [-0.1, -0.05) is 24.8 Å². The van der Waals surface area contributed by atoms with E-state index >= 15 is 0 Å². The maximum Gasteiger partial charge on any atom is 0.412 e. The number of nitrogens with zero attached hydrogens (tertiary/aromatic N) is 2. The fraction of sp³-hybridized carbons (Fsp3) is 0.217. The number of aromatic nitrogens is 1. The molecule has 0 fully saturated rings. The van der Waals surface area contributed by atoms with Gasteiger partial charge in [0.15, 0.2) is 0 Å². The average molecular weight is 389 g/mol. The Morgan fingerprint density at radius 1 is 1.34 bits per heavy atom. The minimum Gasteiger partial charge on any atom is -0.497 e. The Morgan fingerprint density at radius 3 is 2.79 bits per heavy atom. The van der Waals surface area contributed by atoms with Gasteiger partial charge in [-0.15, -0.1) is 0 Å². The van der Waals surface area contributed by atoms with E-state index in [0.29, 0.717) is 17.8 Å². The van der Waals surface area contributed by atoms with E-state index < -0.39 is 6.09 Å². The lowest BCUT2D eigenvalue weighted by molar-refractivity contribution is 0.142. The summed E-state index contributed by atoms with van der Waals surface area (Å²) in [5.41, 5.74) is 3.72. The Labute approximate surface area is 170 Å². The van der Waals surface area contributed by atoms with Crippen molar-refractivity contribution in [2.75, 3.05) is 12.4 Å². The Balaban J connectivity index is 2.08. The van der Waals surface area contributed by atoms with Gasteiger partial charge in [0.2, 0.25) is 0 Å². The highest BCUT2D eigenvalue weighted by Crippen LogP contribution is 2.36. The number of anilines is 1. The summed E-state index contributed by atoms with van der Waals surface area (Å²) in [5.74, 6) is 0.732. The van der Waals surface area contributed by atoms with Gasteiger partial charge in [0.25, 0.3) is 0 Å². The van der Waals surface area contributed by atoms with E-state index in [0.717, 1.165) is 27.9 Å². The molecule has 0 spiro atoms. The van der Waals surface area contributed by atoms with Gasteiger partial charge >= 0.3 is 6.09 Å². The standard InChI is InChI=1S/C23H23N3O3/c1-5-15(3)29-23(27)25-17-9-7-8-16(12-17)22-20(14-24)19-11-10-18(28-4)13-21(19)26(22)6-2/h5,7-13,15H,1,6H2,2-4H3,(H,25,27). The molecule has 6 nitrogen and oxygen atoms in total. The number of aryl methyl sites for hydroxylation is 1. The van der Waals surface area contributed by atoms with Crippen LogP contribution in [0.3, 0.4) is 0 Å². The predicted molar refractivity (Wildman–Crippen MR) is 114 cm³/mol. The van der Waals surface area contributed by atoms with E-state index in [-0.39, 0.29) is 6.10 Å². The Morgan fingerprint density at radius 2 is 2.14 bits per heavy atom. The van der Waals surface area contributed by atoms with Gasteiger partial charge in [-0.05, 0) is 38.1 Å². The first-order valence-corrected chi connectivity index (χ1v) is 9.33. The van der Waals surface area contributed by atoms with Gasteiger partial charge in [-0.2, -0.15) is 5.26 Å². The number of rotatable bonds is 6. The van der Waals surface area contributed by atoms with Crippen LogP contribution >= 0.6 is 0 Å². The van der Waals surface area contributed by atoms with Crippen LogP contribution < -0.4 is 10.1 Å². The van der Waals surface area contributed by atoms with Gasteiger partial charge < -0.3 is 14.0 Å². The summed E-state index contributed by atoms with van der Waals surface area (Å²) in [4.78, 5) is 12.0. The van der Waals surface area contributed by atoms with Gasteiger partial charge in [0, 0.05) is 29.2 Å². The number of benzene rings is 2. The number of amides is 1. The van der Waals surface area contributed by atoms with Crippen molar-refractivity contribution in [2.24, 2.45) is 0 Å². The molecule has 1 heterocycles. The van der Waals surface area contributed by atoms with Crippen molar-refractivity contribution in [3.63, 3.8) is 0 Å². The van der Waals surface area contributed by atoms with E-state index in [1.807, 2.05) is 43.3 Å². The third kappa shape index (κ3) is 3.94. The normalized spacial score (nSPS) is 11.5. The van der Waals surface area contributed by atoms with Crippen molar-refractivity contribution < 1.29 is 14.3 Å². The zero-order valence-corrected chi connectivity index (χ0v) is 16.7. The molecule has 0 aliphatic carbocycles. The molecule has 0 saturated carbocycles. The van der Waals surface area contributed by atoms with E-state index in [1.165, 1.54) is 0 Å². The minimum atomic E-state index is -0.559. The summed E-state index contributed by atoms with van der Waals surface area (Å²) >= 11 is 0. The summed E-state index contributed by atoms with van der Waals surface area (Å²) in [6.45, 7) is 8.04. The van der Waals surface area contributed by atoms with Crippen molar-refractivity contribution in [1.82, 2.24) is 4.57 Å². The SMILES string of the molecule is C=CC(C)OC(=O)Nc1cccc(-c2c(C#N)c3ccc(OC)cc3n2CC)c1. The highest BCUT2D eigenvalue weighted by Gasteiger charge is 2.19. The van der Waals surface area contributed by atoms with Crippen molar-refractivity contribution in [1.29, 1.82) is 5.26 Å². The summed E-state index contributed by atoms with van der Waals surface area (Å²) in [7, 11) is 1.62. The van der Waals surface area contributed by atoms with E-state index in [1.54, 1.807) is 26.2 Å². The van der Waals surface area contributed by atoms with Gasteiger partial charge in [0.05, 0.1) is 23.9 Å². The monoisotopic (exact) mass is 389 g/mol. The fourth-order valence-corrected chi connectivity index (χ4v) is 3.31. The molecule has 2 aromatic carbocycles. The van der Waals surface area contributed by atoms with E-state index in [2.05, 4.69) is 22.5 Å². The summed E-state index contributed by atoms with van der Waals surface area (Å²) in [6.07, 6.45) is 0.597. The molecule has 1 aromatic heterocycles. The number of methoxy groups -OCH3 is 1. The van der Waals surface area contributed by atoms with Crippen LogP contribution in [0.2, 0.25) is 0 Å². The van der Waals surface area contributed by atoms with Crippen LogP contribution in [0.25, 0.3) is 22.2 Å². The topological polar surface area (TPSA) is 76.3 Å². The first-order valence-electron chi connectivity index (χ1n) is 9.33. The second kappa shape index (κ2) is 8.53. The number of carbonyl (C=O) groups excluding carboxylic acids is 1. The number of fused-ring (bicyclic) bond motifs is 1. The molecule has 1 atom stereocenters. The maximum absolute atomic E-state index is 12.0. The lowest BCUT2D eigenvalue weighted by Gasteiger charge is -2.12. The molecule has 0 aliphatic rings. The van der Waals surface area contributed by atoms with Crippen LogP contribution in [0.15, 0.2) is 55.1 Å². The van der Waals surface area contributed by atoms with Gasteiger partial charge in [-0.25, -0.2) is 4.79 Å². The van der Waals surface area contributed by atoms with Crippen molar-refractivity contribution in [3.8, 4) is 23.1 Å². The molecule has 6 heteroatoms. The van der Waals surface area contributed by atoms with Crippen molar-refractivity contribution in [3.05, 3.63) is 60.7 Å². The molecule has 1 unspecified atom stereocenters. The molecule has 1 N–H and O–H groups in total. The Bertz CT molecular complexity index is 1110. The van der Waals surface area contributed by atoms with Crippen molar-refractivity contribution in [2.45, 2.75) is 26.5 Å². The third-order valence-electron chi connectivity index (χ3n) is 4.71. The number of ether oxygens (including phenoxy) is 2. The molecule has 29 heavy (non-hydrogen) atoms. The Hall–Kier alpha value is -3.72. The molecule has 0 saturated heterocycles. The third-order valence-corrected chi connectivity index (χ3v) is 4.71. The molecule has 0 radical (unpaired) electrons. The molecule has 0 bridgehead atoms. The molecule has 3 aromatic rings. The maximum atomic E-state index is 12.0. The number of nitrogens with one attached hydrogen (secondary N) is 1.